The molecule has 2 rings (SSSR count). The van der Waals surface area contributed by atoms with Gasteiger partial charge in [0, 0.05) is 12.1 Å². The van der Waals surface area contributed by atoms with Crippen LogP contribution < -0.4 is 5.32 Å². The van der Waals surface area contributed by atoms with Crippen molar-refractivity contribution in [3.63, 3.8) is 0 Å². The average molecular weight is 324 g/mol. The topological polar surface area (TPSA) is 86.8 Å². The van der Waals surface area contributed by atoms with Gasteiger partial charge in [0.25, 0.3) is 0 Å². The van der Waals surface area contributed by atoms with E-state index in [-0.39, 0.29) is 6.04 Å². The molecule has 5 amide bonds. The van der Waals surface area contributed by atoms with Crippen molar-refractivity contribution in [1.29, 1.82) is 0 Å². The van der Waals surface area contributed by atoms with E-state index in [4.69, 9.17) is 11.6 Å². The second-order valence-corrected chi connectivity index (χ2v) is 5.32. The van der Waals surface area contributed by atoms with Gasteiger partial charge in [0.15, 0.2) is 0 Å². The number of imide groups is 2. The van der Waals surface area contributed by atoms with Gasteiger partial charge >= 0.3 is 17.8 Å². The molecule has 1 fully saturated rings. The monoisotopic (exact) mass is 323 g/mol. The molecule has 0 aromatic heterocycles. The van der Waals surface area contributed by atoms with Crippen LogP contribution in [0.4, 0.5) is 4.79 Å². The zero-order valence-electron chi connectivity index (χ0n) is 12.0. The minimum Gasteiger partial charge on any atom is -0.348 e. The second-order valence-electron chi connectivity index (χ2n) is 4.88. The molecule has 1 N–H and O–H groups in total. The highest BCUT2D eigenvalue weighted by atomic mass is 35.5. The van der Waals surface area contributed by atoms with E-state index in [1.807, 2.05) is 0 Å². The molecule has 1 atom stereocenters. The van der Waals surface area contributed by atoms with E-state index in [0.29, 0.717) is 14.8 Å². The zero-order valence-corrected chi connectivity index (χ0v) is 12.8. The molecular weight excluding hydrogens is 310 g/mol. The molecule has 1 aliphatic rings. The van der Waals surface area contributed by atoms with Crippen LogP contribution in [0.2, 0.25) is 5.02 Å². The van der Waals surface area contributed by atoms with Crippen LogP contribution in [-0.2, 0) is 14.4 Å². The van der Waals surface area contributed by atoms with Crippen molar-refractivity contribution >= 4 is 35.4 Å². The molecule has 1 saturated heterocycles. The summed E-state index contributed by atoms with van der Waals surface area (Å²) in [5.74, 6) is -2.49. The minimum atomic E-state index is -1.00. The van der Waals surface area contributed by atoms with Gasteiger partial charge in [-0.1, -0.05) is 23.7 Å². The number of amides is 5. The van der Waals surface area contributed by atoms with Crippen LogP contribution in [-0.4, -0.2) is 47.1 Å². The summed E-state index contributed by atoms with van der Waals surface area (Å²) in [5.41, 5.74) is 0.785. The molecule has 0 aliphatic carbocycles. The molecule has 0 saturated carbocycles. The van der Waals surface area contributed by atoms with E-state index in [1.165, 1.54) is 7.05 Å². The first-order valence-corrected chi connectivity index (χ1v) is 6.87. The van der Waals surface area contributed by atoms with Gasteiger partial charge in [0.2, 0.25) is 5.91 Å². The Morgan fingerprint density at radius 3 is 2.50 bits per heavy atom. The lowest BCUT2D eigenvalue weighted by molar-refractivity contribution is -0.143. The number of hydrogen-bond donors (Lipinski definition) is 1. The predicted molar refractivity (Wildman–Crippen MR) is 77.9 cm³/mol. The third-order valence-corrected chi connectivity index (χ3v) is 3.51. The van der Waals surface area contributed by atoms with Crippen LogP contribution in [0.3, 0.4) is 0 Å². The highest BCUT2D eigenvalue weighted by Crippen LogP contribution is 2.17. The van der Waals surface area contributed by atoms with Crippen LogP contribution in [0.25, 0.3) is 0 Å². The van der Waals surface area contributed by atoms with Gasteiger partial charge in [-0.3, -0.25) is 19.3 Å². The molecule has 0 radical (unpaired) electrons. The molecular formula is C14H14ClN3O4. The van der Waals surface area contributed by atoms with Gasteiger partial charge in [-0.15, -0.1) is 0 Å². The summed E-state index contributed by atoms with van der Waals surface area (Å²) < 4.78 is 0. The lowest BCUT2D eigenvalue weighted by atomic mass is 10.1. The standard InChI is InChI=1S/C14H14ClN3O4/c1-8(9-4-3-5-10(15)6-9)16-11(19)7-18-13(21)12(20)17(2)14(18)22/h3-6,8H,7H2,1-2H3,(H,16,19)/t8-/m1/s1. The first-order chi connectivity index (χ1) is 10.3. The first kappa shape index (κ1) is 16.0. The van der Waals surface area contributed by atoms with Gasteiger partial charge in [0.05, 0.1) is 6.04 Å². The van der Waals surface area contributed by atoms with E-state index < -0.39 is 30.3 Å². The molecule has 8 heteroatoms. The lowest BCUT2D eigenvalue weighted by Gasteiger charge is -2.17. The summed E-state index contributed by atoms with van der Waals surface area (Å²) in [6, 6.07) is 5.80. The number of urea groups is 1. The number of nitrogens with one attached hydrogen (secondary N) is 1. The van der Waals surface area contributed by atoms with Gasteiger partial charge < -0.3 is 5.32 Å². The second kappa shape index (κ2) is 6.15. The number of benzene rings is 1. The fraction of sp³-hybridized carbons (Fsp3) is 0.286. The van der Waals surface area contributed by atoms with Crippen LogP contribution >= 0.6 is 11.6 Å². The minimum absolute atomic E-state index is 0.354. The SMILES string of the molecule is C[C@@H](NC(=O)CN1C(=O)C(=O)N(C)C1=O)c1cccc(Cl)c1. The van der Waals surface area contributed by atoms with E-state index in [1.54, 1.807) is 31.2 Å². The van der Waals surface area contributed by atoms with Gasteiger partial charge in [-0.2, -0.15) is 0 Å². The third kappa shape index (κ3) is 3.09. The highest BCUT2D eigenvalue weighted by Gasteiger charge is 2.43. The molecule has 22 heavy (non-hydrogen) atoms. The van der Waals surface area contributed by atoms with E-state index in [2.05, 4.69) is 5.32 Å². The molecule has 7 nitrogen and oxygen atoms in total. The van der Waals surface area contributed by atoms with Gasteiger partial charge in [0.1, 0.15) is 6.54 Å². The van der Waals surface area contributed by atoms with Crippen LogP contribution in [0.5, 0.6) is 0 Å². The molecule has 116 valence electrons. The maximum atomic E-state index is 12.0. The smallest absolute Gasteiger partial charge is 0.334 e. The predicted octanol–water partition coefficient (Wildman–Crippen LogP) is 0.938. The quantitative estimate of drug-likeness (QED) is 0.660. The van der Waals surface area contributed by atoms with Crippen molar-refractivity contribution in [2.24, 2.45) is 0 Å². The van der Waals surface area contributed by atoms with Crippen LogP contribution in [0.15, 0.2) is 24.3 Å². The largest absolute Gasteiger partial charge is 0.348 e. The average Bonchev–Trinajstić information content (AvgIpc) is 2.65. The Labute approximate surface area is 131 Å². The van der Waals surface area contributed by atoms with Crippen molar-refractivity contribution in [3.05, 3.63) is 34.9 Å². The van der Waals surface area contributed by atoms with Crippen LogP contribution in [0.1, 0.15) is 18.5 Å². The van der Waals surface area contributed by atoms with Crippen molar-refractivity contribution < 1.29 is 19.2 Å². The summed E-state index contributed by atoms with van der Waals surface area (Å²) in [7, 11) is 1.19. The number of carbonyl (C=O) groups excluding carboxylic acids is 4. The number of carbonyl (C=O) groups is 4. The third-order valence-electron chi connectivity index (χ3n) is 3.28. The maximum Gasteiger partial charge on any atom is 0.334 e. The molecule has 0 spiro atoms. The highest BCUT2D eigenvalue weighted by molar-refractivity contribution is 6.44. The molecule has 1 aromatic rings. The fourth-order valence-electron chi connectivity index (χ4n) is 2.04. The number of rotatable bonds is 4. The number of halogens is 1. The molecule has 1 heterocycles. The molecule has 0 unspecified atom stereocenters. The Kier molecular flexibility index (Phi) is 4.46. The Balaban J connectivity index is 2.00. The number of hydrogen-bond acceptors (Lipinski definition) is 4. The van der Waals surface area contributed by atoms with Crippen molar-refractivity contribution in [2.75, 3.05) is 13.6 Å². The molecule has 1 aliphatic heterocycles. The van der Waals surface area contributed by atoms with E-state index in [0.717, 1.165) is 5.56 Å². The summed E-state index contributed by atoms with van der Waals surface area (Å²) in [4.78, 5) is 47.9. The fourth-order valence-corrected chi connectivity index (χ4v) is 2.24. The Bertz CT molecular complexity index is 661. The summed E-state index contributed by atoms with van der Waals surface area (Å²) >= 11 is 5.88. The Morgan fingerprint density at radius 2 is 1.95 bits per heavy atom. The maximum absolute atomic E-state index is 12.0. The molecule has 0 bridgehead atoms. The Hall–Kier alpha value is -2.41. The van der Waals surface area contributed by atoms with Gasteiger partial charge in [-0.25, -0.2) is 9.69 Å². The number of nitrogens with zero attached hydrogens (tertiary/aromatic N) is 2. The lowest BCUT2D eigenvalue weighted by Crippen LogP contribution is -2.41. The molecule has 1 aromatic carbocycles. The van der Waals surface area contributed by atoms with E-state index in [9.17, 15) is 19.2 Å². The Morgan fingerprint density at radius 1 is 1.27 bits per heavy atom. The summed E-state index contributed by atoms with van der Waals surface area (Å²) in [6.45, 7) is 1.24. The normalized spacial score (nSPS) is 16.2. The first-order valence-electron chi connectivity index (χ1n) is 6.49. The summed E-state index contributed by atoms with van der Waals surface area (Å²) in [6.07, 6.45) is 0. The summed E-state index contributed by atoms with van der Waals surface area (Å²) in [5, 5.41) is 3.19. The van der Waals surface area contributed by atoms with E-state index >= 15 is 0 Å². The van der Waals surface area contributed by atoms with Gasteiger partial charge in [-0.05, 0) is 24.6 Å². The van der Waals surface area contributed by atoms with Crippen LogP contribution in [0, 0.1) is 0 Å². The number of likely N-dealkylation sites (N-methyl/N-ethyl adjacent to an activating group) is 1. The van der Waals surface area contributed by atoms with Crippen molar-refractivity contribution in [1.82, 2.24) is 15.1 Å². The van der Waals surface area contributed by atoms with Crippen molar-refractivity contribution in [3.8, 4) is 0 Å². The van der Waals surface area contributed by atoms with Crippen molar-refractivity contribution in [2.45, 2.75) is 13.0 Å². The zero-order chi connectivity index (χ0) is 16.4.